The van der Waals surface area contributed by atoms with Crippen molar-refractivity contribution in [1.29, 1.82) is 0 Å². The Kier molecular flexibility index (Phi) is 3.77. The number of aliphatic hydroxyl groups excluding tert-OH is 1. The Morgan fingerprint density at radius 1 is 1.16 bits per heavy atom. The summed E-state index contributed by atoms with van der Waals surface area (Å²) in [5.74, 6) is 0.677. The third-order valence-corrected chi connectivity index (χ3v) is 2.65. The number of nitro groups is 1. The third-order valence-electron chi connectivity index (χ3n) is 2.65. The molecule has 0 bridgehead atoms. The molecule has 0 aromatic heterocycles. The number of hydrogen-bond donors (Lipinski definition) is 1. The van der Waals surface area contributed by atoms with Crippen molar-refractivity contribution in [2.24, 2.45) is 0 Å². The molecule has 0 amide bonds. The van der Waals surface area contributed by atoms with Crippen LogP contribution in [0.15, 0.2) is 48.5 Å². The summed E-state index contributed by atoms with van der Waals surface area (Å²) in [6, 6.07) is 13.0. The zero-order valence-corrected chi connectivity index (χ0v) is 10.3. The maximum atomic E-state index is 10.8. The smallest absolute Gasteiger partial charge is 0.311 e. The number of rotatable bonds is 4. The van der Waals surface area contributed by atoms with E-state index in [1.54, 1.807) is 49.4 Å². The molecule has 0 unspecified atom stereocenters. The summed E-state index contributed by atoms with van der Waals surface area (Å²) in [6.07, 6.45) is -0.555. The van der Waals surface area contributed by atoms with Gasteiger partial charge in [-0.3, -0.25) is 10.1 Å². The molecule has 2 aromatic carbocycles. The van der Waals surface area contributed by atoms with Crippen molar-refractivity contribution in [3.8, 4) is 11.5 Å². The van der Waals surface area contributed by atoms with Crippen LogP contribution >= 0.6 is 0 Å². The van der Waals surface area contributed by atoms with E-state index < -0.39 is 11.0 Å². The van der Waals surface area contributed by atoms with Gasteiger partial charge in [-0.15, -0.1) is 0 Å². The summed E-state index contributed by atoms with van der Waals surface area (Å²) in [7, 11) is 0. The largest absolute Gasteiger partial charge is 0.450 e. The van der Waals surface area contributed by atoms with Crippen molar-refractivity contribution < 1.29 is 14.8 Å². The summed E-state index contributed by atoms with van der Waals surface area (Å²) >= 11 is 0. The van der Waals surface area contributed by atoms with E-state index in [1.165, 1.54) is 6.07 Å². The fourth-order valence-electron chi connectivity index (χ4n) is 1.64. The molecule has 5 heteroatoms. The van der Waals surface area contributed by atoms with Crippen LogP contribution in [0.2, 0.25) is 0 Å². The molecule has 1 atom stereocenters. The van der Waals surface area contributed by atoms with Gasteiger partial charge in [0.15, 0.2) is 0 Å². The lowest BCUT2D eigenvalue weighted by Crippen LogP contribution is -1.94. The van der Waals surface area contributed by atoms with Gasteiger partial charge in [-0.1, -0.05) is 24.3 Å². The van der Waals surface area contributed by atoms with E-state index >= 15 is 0 Å². The van der Waals surface area contributed by atoms with Gasteiger partial charge in [0.1, 0.15) is 5.75 Å². The topological polar surface area (TPSA) is 72.6 Å². The fourth-order valence-corrected chi connectivity index (χ4v) is 1.64. The molecular weight excluding hydrogens is 246 g/mol. The average Bonchev–Trinajstić information content (AvgIpc) is 2.39. The predicted octanol–water partition coefficient (Wildman–Crippen LogP) is 3.44. The Morgan fingerprint density at radius 2 is 1.79 bits per heavy atom. The molecule has 0 saturated carbocycles. The van der Waals surface area contributed by atoms with Crippen LogP contribution in [-0.4, -0.2) is 10.0 Å². The summed E-state index contributed by atoms with van der Waals surface area (Å²) in [4.78, 5) is 10.4. The number of para-hydroxylation sites is 2. The highest BCUT2D eigenvalue weighted by Gasteiger charge is 2.14. The molecule has 1 N–H and O–H groups in total. The Balaban J connectivity index is 2.24. The van der Waals surface area contributed by atoms with Crippen LogP contribution in [0, 0.1) is 10.1 Å². The van der Waals surface area contributed by atoms with Crippen LogP contribution in [0.25, 0.3) is 0 Å². The quantitative estimate of drug-likeness (QED) is 0.674. The minimum absolute atomic E-state index is 0.0814. The molecule has 0 radical (unpaired) electrons. The van der Waals surface area contributed by atoms with E-state index in [0.29, 0.717) is 5.75 Å². The van der Waals surface area contributed by atoms with Crippen LogP contribution in [-0.2, 0) is 0 Å². The number of ether oxygens (including phenoxy) is 1. The minimum atomic E-state index is -0.555. The number of hydrogen-bond acceptors (Lipinski definition) is 4. The SMILES string of the molecule is C[C@H](O)c1ccc(Oc2ccccc2[N+](=O)[O-])cc1. The van der Waals surface area contributed by atoms with Crippen molar-refractivity contribution in [2.75, 3.05) is 0 Å². The van der Waals surface area contributed by atoms with Gasteiger partial charge < -0.3 is 9.84 Å². The van der Waals surface area contributed by atoms with Gasteiger partial charge >= 0.3 is 5.69 Å². The van der Waals surface area contributed by atoms with Gasteiger partial charge in [-0.2, -0.15) is 0 Å². The molecule has 0 spiro atoms. The molecule has 2 aromatic rings. The van der Waals surface area contributed by atoms with E-state index in [0.717, 1.165) is 5.56 Å². The first-order valence-corrected chi connectivity index (χ1v) is 5.77. The number of benzene rings is 2. The monoisotopic (exact) mass is 259 g/mol. The van der Waals surface area contributed by atoms with Crippen molar-refractivity contribution in [3.05, 3.63) is 64.2 Å². The van der Waals surface area contributed by atoms with Crippen molar-refractivity contribution in [1.82, 2.24) is 0 Å². The summed E-state index contributed by atoms with van der Waals surface area (Å²) in [6.45, 7) is 1.66. The standard InChI is InChI=1S/C14H13NO4/c1-10(16)11-6-8-12(9-7-11)19-14-5-3-2-4-13(14)15(17)18/h2-10,16H,1H3/t10-/m0/s1. The number of nitrogens with zero attached hydrogens (tertiary/aromatic N) is 1. The van der Waals surface area contributed by atoms with Gasteiger partial charge in [0, 0.05) is 6.07 Å². The second-order valence-corrected chi connectivity index (χ2v) is 4.07. The first-order chi connectivity index (χ1) is 9.08. The molecule has 2 rings (SSSR count). The zero-order valence-electron chi connectivity index (χ0n) is 10.3. The van der Waals surface area contributed by atoms with Crippen molar-refractivity contribution in [3.63, 3.8) is 0 Å². The van der Waals surface area contributed by atoms with Crippen LogP contribution in [0.4, 0.5) is 5.69 Å². The molecule has 0 aliphatic carbocycles. The molecule has 19 heavy (non-hydrogen) atoms. The van der Waals surface area contributed by atoms with Gasteiger partial charge in [-0.25, -0.2) is 0 Å². The number of nitro benzene ring substituents is 1. The molecule has 0 saturated heterocycles. The molecule has 5 nitrogen and oxygen atoms in total. The van der Waals surface area contributed by atoms with Gasteiger partial charge in [0.05, 0.1) is 11.0 Å². The van der Waals surface area contributed by atoms with E-state index in [-0.39, 0.29) is 11.4 Å². The second kappa shape index (κ2) is 5.49. The van der Waals surface area contributed by atoms with E-state index in [2.05, 4.69) is 0 Å². The Bertz CT molecular complexity index is 578. The van der Waals surface area contributed by atoms with Gasteiger partial charge in [0.25, 0.3) is 0 Å². The molecule has 0 aliphatic heterocycles. The summed E-state index contributed by atoms with van der Waals surface area (Å²) in [5.41, 5.74) is 0.678. The zero-order chi connectivity index (χ0) is 13.8. The van der Waals surface area contributed by atoms with Crippen LogP contribution in [0.1, 0.15) is 18.6 Å². The molecule has 0 heterocycles. The van der Waals surface area contributed by atoms with Crippen molar-refractivity contribution in [2.45, 2.75) is 13.0 Å². The first kappa shape index (κ1) is 13.0. The summed E-state index contributed by atoms with van der Waals surface area (Å²) < 4.78 is 5.48. The molecule has 0 fully saturated rings. The highest BCUT2D eigenvalue weighted by Crippen LogP contribution is 2.31. The maximum Gasteiger partial charge on any atom is 0.311 e. The summed E-state index contributed by atoms with van der Waals surface area (Å²) in [5, 5.41) is 20.2. The Labute approximate surface area is 110 Å². The fraction of sp³-hybridized carbons (Fsp3) is 0.143. The van der Waals surface area contributed by atoms with Crippen LogP contribution < -0.4 is 4.74 Å². The lowest BCUT2D eigenvalue weighted by molar-refractivity contribution is -0.385. The number of aliphatic hydroxyl groups is 1. The molecule has 98 valence electrons. The Hall–Kier alpha value is -2.40. The van der Waals surface area contributed by atoms with Gasteiger partial charge in [0.2, 0.25) is 5.75 Å². The third kappa shape index (κ3) is 3.08. The lowest BCUT2D eigenvalue weighted by Gasteiger charge is -2.08. The highest BCUT2D eigenvalue weighted by molar-refractivity contribution is 5.48. The maximum absolute atomic E-state index is 10.8. The minimum Gasteiger partial charge on any atom is -0.450 e. The second-order valence-electron chi connectivity index (χ2n) is 4.07. The lowest BCUT2D eigenvalue weighted by atomic mass is 10.1. The predicted molar refractivity (Wildman–Crippen MR) is 70.2 cm³/mol. The van der Waals surface area contributed by atoms with Gasteiger partial charge in [-0.05, 0) is 30.7 Å². The normalized spacial score (nSPS) is 11.9. The van der Waals surface area contributed by atoms with E-state index in [9.17, 15) is 15.2 Å². The highest BCUT2D eigenvalue weighted by atomic mass is 16.6. The van der Waals surface area contributed by atoms with Crippen LogP contribution in [0.5, 0.6) is 11.5 Å². The van der Waals surface area contributed by atoms with Crippen LogP contribution in [0.3, 0.4) is 0 Å². The Morgan fingerprint density at radius 3 is 2.37 bits per heavy atom. The molecular formula is C14H13NO4. The molecule has 0 aliphatic rings. The van der Waals surface area contributed by atoms with Crippen molar-refractivity contribution >= 4 is 5.69 Å². The van der Waals surface area contributed by atoms with E-state index in [1.807, 2.05) is 0 Å². The first-order valence-electron chi connectivity index (χ1n) is 5.77. The van der Waals surface area contributed by atoms with E-state index in [4.69, 9.17) is 4.74 Å². The average molecular weight is 259 g/mol.